The summed E-state index contributed by atoms with van der Waals surface area (Å²) in [4.78, 5) is 12.0. The summed E-state index contributed by atoms with van der Waals surface area (Å²) < 4.78 is 11.3. The number of epoxide rings is 1. The Kier molecular flexibility index (Phi) is 7.29. The SMILES string of the molecule is CC(=CCOc1ccc(CCNC(=O)c2ccccc2)cc1)C(O)CC1OC1(C)C. The van der Waals surface area contributed by atoms with Crippen LogP contribution >= 0.6 is 0 Å². The summed E-state index contributed by atoms with van der Waals surface area (Å²) in [5.41, 5.74) is 2.59. The number of ether oxygens (including phenoxy) is 2. The topological polar surface area (TPSA) is 71.1 Å². The van der Waals surface area contributed by atoms with Crippen LogP contribution in [0, 0.1) is 0 Å². The van der Waals surface area contributed by atoms with E-state index in [1.165, 1.54) is 0 Å². The van der Waals surface area contributed by atoms with Crippen LogP contribution in [0.1, 0.15) is 43.1 Å². The van der Waals surface area contributed by atoms with Crippen LogP contribution in [0.2, 0.25) is 0 Å². The van der Waals surface area contributed by atoms with E-state index in [2.05, 4.69) is 5.32 Å². The molecule has 3 rings (SSSR count). The van der Waals surface area contributed by atoms with Crippen LogP contribution < -0.4 is 10.1 Å². The number of aliphatic hydroxyl groups excluding tert-OH is 1. The van der Waals surface area contributed by atoms with Crippen molar-refractivity contribution in [2.45, 2.75) is 51.4 Å². The van der Waals surface area contributed by atoms with Gasteiger partial charge < -0.3 is 19.9 Å². The smallest absolute Gasteiger partial charge is 0.251 e. The van der Waals surface area contributed by atoms with Gasteiger partial charge in [-0.05, 0) is 68.7 Å². The maximum absolute atomic E-state index is 12.0. The first-order valence-corrected chi connectivity index (χ1v) is 10.4. The minimum Gasteiger partial charge on any atom is -0.490 e. The second-order valence-electron chi connectivity index (χ2n) is 8.24. The van der Waals surface area contributed by atoms with Crippen LogP contribution in [0.5, 0.6) is 5.75 Å². The van der Waals surface area contributed by atoms with Gasteiger partial charge in [-0.15, -0.1) is 0 Å². The molecule has 2 aromatic rings. The van der Waals surface area contributed by atoms with Crippen LogP contribution in [0.4, 0.5) is 0 Å². The molecule has 5 nitrogen and oxygen atoms in total. The van der Waals surface area contributed by atoms with E-state index < -0.39 is 6.10 Å². The molecule has 2 atom stereocenters. The van der Waals surface area contributed by atoms with Crippen molar-refractivity contribution in [3.63, 3.8) is 0 Å². The quantitative estimate of drug-likeness (QED) is 0.461. The minimum atomic E-state index is -0.506. The van der Waals surface area contributed by atoms with Crippen LogP contribution in [0.3, 0.4) is 0 Å². The summed E-state index contributed by atoms with van der Waals surface area (Å²) in [6, 6.07) is 17.1. The van der Waals surface area contributed by atoms with Crippen molar-refractivity contribution < 1.29 is 19.4 Å². The Morgan fingerprint density at radius 1 is 1.20 bits per heavy atom. The molecular weight excluding hydrogens is 378 g/mol. The van der Waals surface area contributed by atoms with Gasteiger partial charge in [-0.3, -0.25) is 4.79 Å². The Morgan fingerprint density at radius 2 is 1.87 bits per heavy atom. The first kappa shape index (κ1) is 22.1. The molecule has 1 aliphatic heterocycles. The van der Waals surface area contributed by atoms with Gasteiger partial charge in [-0.1, -0.05) is 30.3 Å². The number of nitrogens with one attached hydrogen (secondary N) is 1. The molecule has 0 radical (unpaired) electrons. The van der Waals surface area contributed by atoms with Gasteiger partial charge in [0.05, 0.1) is 17.8 Å². The molecule has 0 aliphatic carbocycles. The molecule has 0 aromatic heterocycles. The minimum absolute atomic E-state index is 0.0586. The number of amides is 1. The summed E-state index contributed by atoms with van der Waals surface area (Å²) in [6.07, 6.45) is 2.90. The molecule has 2 unspecified atom stereocenters. The average molecular weight is 410 g/mol. The Balaban J connectivity index is 1.37. The summed E-state index contributed by atoms with van der Waals surface area (Å²) in [6.45, 7) is 6.97. The van der Waals surface area contributed by atoms with Gasteiger partial charge in [0.1, 0.15) is 12.4 Å². The van der Waals surface area contributed by atoms with Gasteiger partial charge in [-0.25, -0.2) is 0 Å². The highest BCUT2D eigenvalue weighted by molar-refractivity contribution is 5.94. The summed E-state index contributed by atoms with van der Waals surface area (Å²) in [5, 5.41) is 13.2. The zero-order valence-corrected chi connectivity index (χ0v) is 17.9. The number of carbonyl (C=O) groups is 1. The number of hydrogen-bond acceptors (Lipinski definition) is 4. The number of aliphatic hydroxyl groups is 1. The van der Waals surface area contributed by atoms with E-state index in [-0.39, 0.29) is 17.6 Å². The van der Waals surface area contributed by atoms with Crippen molar-refractivity contribution >= 4 is 5.91 Å². The fourth-order valence-corrected chi connectivity index (χ4v) is 3.22. The molecule has 1 saturated heterocycles. The van der Waals surface area contributed by atoms with Crippen molar-refractivity contribution in [2.24, 2.45) is 0 Å². The van der Waals surface area contributed by atoms with Gasteiger partial charge in [0.15, 0.2) is 0 Å². The van der Waals surface area contributed by atoms with Crippen LogP contribution in [0.15, 0.2) is 66.2 Å². The Bertz CT molecular complexity index is 858. The lowest BCUT2D eigenvalue weighted by atomic mass is 10.0. The summed E-state index contributed by atoms with van der Waals surface area (Å²) in [7, 11) is 0. The van der Waals surface area contributed by atoms with E-state index >= 15 is 0 Å². The van der Waals surface area contributed by atoms with Gasteiger partial charge in [0.25, 0.3) is 5.91 Å². The van der Waals surface area contributed by atoms with Crippen LogP contribution in [-0.4, -0.2) is 42.0 Å². The third-order valence-corrected chi connectivity index (χ3v) is 5.44. The largest absolute Gasteiger partial charge is 0.490 e. The number of rotatable bonds is 10. The van der Waals surface area contributed by atoms with Gasteiger partial charge in [0.2, 0.25) is 0 Å². The molecule has 0 saturated carbocycles. The van der Waals surface area contributed by atoms with Crippen molar-refractivity contribution in [1.82, 2.24) is 5.32 Å². The molecule has 1 amide bonds. The van der Waals surface area contributed by atoms with Gasteiger partial charge >= 0.3 is 0 Å². The zero-order valence-electron chi connectivity index (χ0n) is 17.9. The molecule has 160 valence electrons. The van der Waals surface area contributed by atoms with E-state index in [1.807, 2.05) is 69.3 Å². The van der Waals surface area contributed by atoms with Crippen molar-refractivity contribution in [1.29, 1.82) is 0 Å². The highest BCUT2D eigenvalue weighted by Crippen LogP contribution is 2.39. The highest BCUT2D eigenvalue weighted by atomic mass is 16.6. The standard InChI is InChI=1S/C25H31NO4/c1-18(22(27)17-23-25(2,3)30-23)14-16-29-21-11-9-19(10-12-21)13-15-26-24(28)20-7-5-4-6-8-20/h4-12,14,22-23,27H,13,15-17H2,1-3H3,(H,26,28). The fourth-order valence-electron chi connectivity index (χ4n) is 3.22. The van der Waals surface area contributed by atoms with E-state index in [9.17, 15) is 9.90 Å². The Labute approximate surface area is 178 Å². The third-order valence-electron chi connectivity index (χ3n) is 5.44. The van der Waals surface area contributed by atoms with E-state index in [0.717, 1.165) is 23.3 Å². The van der Waals surface area contributed by atoms with Crippen molar-refractivity contribution in [3.05, 3.63) is 77.4 Å². The second kappa shape index (κ2) is 9.92. The maximum atomic E-state index is 12.0. The zero-order chi connectivity index (χ0) is 21.6. The summed E-state index contributed by atoms with van der Waals surface area (Å²) >= 11 is 0. The second-order valence-corrected chi connectivity index (χ2v) is 8.24. The lowest BCUT2D eigenvalue weighted by Gasteiger charge is -2.11. The third kappa shape index (κ3) is 6.44. The average Bonchev–Trinajstić information content (AvgIpc) is 3.35. The fraction of sp³-hybridized carbons (Fsp3) is 0.400. The molecule has 5 heteroatoms. The molecule has 2 aromatic carbocycles. The molecule has 0 spiro atoms. The van der Waals surface area contributed by atoms with Crippen LogP contribution in [0.25, 0.3) is 0 Å². The lowest BCUT2D eigenvalue weighted by Crippen LogP contribution is -2.25. The summed E-state index contributed by atoms with van der Waals surface area (Å²) in [5.74, 6) is 0.717. The van der Waals surface area contributed by atoms with Crippen molar-refractivity contribution in [3.8, 4) is 5.75 Å². The number of hydrogen-bond donors (Lipinski definition) is 2. The maximum Gasteiger partial charge on any atom is 0.251 e. The highest BCUT2D eigenvalue weighted by Gasteiger charge is 2.48. The molecule has 1 heterocycles. The Morgan fingerprint density at radius 3 is 2.50 bits per heavy atom. The van der Waals surface area contributed by atoms with Crippen molar-refractivity contribution in [2.75, 3.05) is 13.2 Å². The predicted octanol–water partition coefficient (Wildman–Crippen LogP) is 3.91. The van der Waals surface area contributed by atoms with Gasteiger partial charge in [0, 0.05) is 18.5 Å². The monoisotopic (exact) mass is 409 g/mol. The first-order valence-electron chi connectivity index (χ1n) is 10.4. The molecular formula is C25H31NO4. The molecule has 1 fully saturated rings. The number of carbonyl (C=O) groups excluding carboxylic acids is 1. The van der Waals surface area contributed by atoms with E-state index in [1.54, 1.807) is 12.1 Å². The van der Waals surface area contributed by atoms with E-state index in [0.29, 0.717) is 25.1 Å². The molecule has 2 N–H and O–H groups in total. The predicted molar refractivity (Wildman–Crippen MR) is 118 cm³/mol. The Hall–Kier alpha value is -2.63. The molecule has 30 heavy (non-hydrogen) atoms. The first-order chi connectivity index (χ1) is 14.3. The molecule has 1 aliphatic rings. The lowest BCUT2D eigenvalue weighted by molar-refractivity contribution is 0.0954. The van der Waals surface area contributed by atoms with E-state index in [4.69, 9.17) is 9.47 Å². The van der Waals surface area contributed by atoms with Gasteiger partial charge in [-0.2, -0.15) is 0 Å². The normalized spacial score (nSPS) is 18.5. The number of benzene rings is 2. The van der Waals surface area contributed by atoms with Crippen LogP contribution in [-0.2, 0) is 11.2 Å². The molecule has 0 bridgehead atoms.